The maximum Gasteiger partial charge on any atom is 0.411 e. The van der Waals surface area contributed by atoms with Gasteiger partial charge < -0.3 is 9.63 Å². The Morgan fingerprint density at radius 1 is 1.75 bits per heavy atom. The second-order valence-electron chi connectivity index (χ2n) is 2.44. The maximum atomic E-state index is 10.5. The number of rotatable bonds is 0. The second kappa shape index (κ2) is 2.37. The Kier molecular flexibility index (Phi) is 1.36. The summed E-state index contributed by atoms with van der Waals surface area (Å²) in [7, 11) is 0. The van der Waals surface area contributed by atoms with Crippen LogP contribution in [0.1, 0.15) is 11.3 Å². The highest BCUT2D eigenvalue weighted by atomic mass is 16.5. The van der Waals surface area contributed by atoms with Crippen LogP contribution in [-0.4, -0.2) is 21.3 Å². The van der Waals surface area contributed by atoms with Crippen LogP contribution >= 0.6 is 0 Å². The van der Waals surface area contributed by atoms with Gasteiger partial charge >= 0.3 is 6.09 Å². The molecule has 0 aliphatic carbocycles. The lowest BCUT2D eigenvalue weighted by Gasteiger charge is -2.15. The summed E-state index contributed by atoms with van der Waals surface area (Å²) in [6.45, 7) is 0.310. The van der Waals surface area contributed by atoms with Crippen LogP contribution in [0.5, 0.6) is 0 Å². The van der Waals surface area contributed by atoms with Crippen molar-refractivity contribution in [3.05, 3.63) is 23.7 Å². The lowest BCUT2D eigenvalue weighted by molar-refractivity contribution is 0.160. The molecule has 0 atom stereocenters. The minimum atomic E-state index is -0.974. The van der Waals surface area contributed by atoms with Gasteiger partial charge in [-0.1, -0.05) is 5.16 Å². The molecule has 0 saturated carbocycles. The van der Waals surface area contributed by atoms with Crippen molar-refractivity contribution in [2.45, 2.75) is 6.54 Å². The Bertz CT molecular complexity index is 342. The van der Waals surface area contributed by atoms with Crippen LogP contribution in [-0.2, 0) is 6.54 Å². The highest BCUT2D eigenvalue weighted by Crippen LogP contribution is 2.18. The fraction of sp³-hybridized carbons (Fsp3) is 0.143. The van der Waals surface area contributed by atoms with Gasteiger partial charge in [-0.05, 0) is 0 Å². The van der Waals surface area contributed by atoms with Crippen molar-refractivity contribution in [2.24, 2.45) is 0 Å². The number of nitrogens with zero attached hydrogens (tertiary/aromatic N) is 2. The number of carbonyl (C=O) groups is 1. The molecule has 0 fully saturated rings. The minimum Gasteiger partial charge on any atom is -0.465 e. The molecule has 0 bridgehead atoms. The van der Waals surface area contributed by atoms with E-state index in [-0.39, 0.29) is 0 Å². The molecule has 62 valence electrons. The highest BCUT2D eigenvalue weighted by molar-refractivity contribution is 5.69. The molecule has 1 aromatic rings. The number of fused-ring (bicyclic) bond motifs is 1. The number of amides is 1. The van der Waals surface area contributed by atoms with Crippen molar-refractivity contribution >= 4 is 12.2 Å². The van der Waals surface area contributed by atoms with E-state index in [0.717, 1.165) is 5.56 Å². The maximum absolute atomic E-state index is 10.5. The van der Waals surface area contributed by atoms with E-state index in [9.17, 15) is 4.79 Å². The van der Waals surface area contributed by atoms with Gasteiger partial charge in [0, 0.05) is 17.8 Å². The molecule has 2 rings (SSSR count). The zero-order valence-electron chi connectivity index (χ0n) is 6.10. The molecule has 0 aromatic carbocycles. The summed E-state index contributed by atoms with van der Waals surface area (Å²) in [5.41, 5.74) is 0.792. The van der Waals surface area contributed by atoms with Crippen LogP contribution in [0.15, 0.2) is 16.9 Å². The van der Waals surface area contributed by atoms with Crippen LogP contribution in [0.2, 0.25) is 0 Å². The van der Waals surface area contributed by atoms with Gasteiger partial charge in [0.1, 0.15) is 0 Å². The van der Waals surface area contributed by atoms with Crippen LogP contribution in [0.3, 0.4) is 0 Å². The first-order chi connectivity index (χ1) is 5.77. The molecule has 0 saturated heterocycles. The van der Waals surface area contributed by atoms with Crippen LogP contribution in [0.4, 0.5) is 4.79 Å². The van der Waals surface area contributed by atoms with Crippen molar-refractivity contribution in [1.82, 2.24) is 10.1 Å². The fourth-order valence-corrected chi connectivity index (χ4v) is 1.05. The average molecular weight is 166 g/mol. The second-order valence-corrected chi connectivity index (χ2v) is 2.44. The van der Waals surface area contributed by atoms with Crippen molar-refractivity contribution < 1.29 is 14.4 Å². The molecule has 5 heteroatoms. The van der Waals surface area contributed by atoms with Gasteiger partial charge in [-0.3, -0.25) is 4.90 Å². The topological polar surface area (TPSA) is 66.6 Å². The first kappa shape index (κ1) is 6.90. The predicted molar refractivity (Wildman–Crippen MR) is 39.1 cm³/mol. The number of carboxylic acid groups (broad SMARTS) is 1. The third-order valence-electron chi connectivity index (χ3n) is 1.67. The molecular formula is C7H6N2O3. The van der Waals surface area contributed by atoms with Crippen molar-refractivity contribution in [3.8, 4) is 0 Å². The summed E-state index contributed by atoms with van der Waals surface area (Å²) in [6, 6.07) is 0. The first-order valence-electron chi connectivity index (χ1n) is 3.38. The largest absolute Gasteiger partial charge is 0.465 e. The Labute approximate surface area is 67.9 Å². The Hall–Kier alpha value is -1.78. The third-order valence-corrected chi connectivity index (χ3v) is 1.67. The quantitative estimate of drug-likeness (QED) is 0.627. The smallest absolute Gasteiger partial charge is 0.411 e. The zero-order valence-corrected chi connectivity index (χ0v) is 6.10. The summed E-state index contributed by atoms with van der Waals surface area (Å²) < 4.78 is 4.83. The average Bonchev–Trinajstić information content (AvgIpc) is 2.49. The summed E-state index contributed by atoms with van der Waals surface area (Å²) in [5, 5.41) is 12.2. The first-order valence-corrected chi connectivity index (χ1v) is 3.38. The molecule has 1 aliphatic rings. The van der Waals surface area contributed by atoms with E-state index in [1.807, 2.05) is 0 Å². The molecule has 1 N–H and O–H groups in total. The van der Waals surface area contributed by atoms with Gasteiger partial charge in [0.15, 0.2) is 5.76 Å². The fourth-order valence-electron chi connectivity index (χ4n) is 1.05. The number of hydrogen-bond donors (Lipinski definition) is 1. The molecule has 0 radical (unpaired) electrons. The van der Waals surface area contributed by atoms with E-state index in [2.05, 4.69) is 5.16 Å². The molecular weight excluding hydrogens is 160 g/mol. The Balaban J connectivity index is 2.30. The zero-order chi connectivity index (χ0) is 8.55. The molecule has 0 spiro atoms. The van der Waals surface area contributed by atoms with Gasteiger partial charge in [0.2, 0.25) is 0 Å². The monoisotopic (exact) mass is 166 g/mol. The molecule has 0 unspecified atom stereocenters. The summed E-state index contributed by atoms with van der Waals surface area (Å²) >= 11 is 0. The van der Waals surface area contributed by atoms with Crippen molar-refractivity contribution in [2.75, 3.05) is 0 Å². The summed E-state index contributed by atoms with van der Waals surface area (Å²) in [5.74, 6) is 0.632. The standard InChI is InChI=1S/C7H6N2O3/c10-7(11)9-2-1-6-5(4-9)3-8-12-6/h1-3H,4H2,(H,10,11). The SMILES string of the molecule is O=C(O)N1C=Cc2oncc2C1. The van der Waals surface area contributed by atoms with Gasteiger partial charge in [-0.25, -0.2) is 4.79 Å². The van der Waals surface area contributed by atoms with Crippen molar-refractivity contribution in [1.29, 1.82) is 0 Å². The molecule has 1 aliphatic heterocycles. The number of aromatic nitrogens is 1. The molecule has 2 heterocycles. The number of hydrogen-bond acceptors (Lipinski definition) is 3. The van der Waals surface area contributed by atoms with Crippen LogP contribution in [0, 0.1) is 0 Å². The van der Waals surface area contributed by atoms with Crippen molar-refractivity contribution in [3.63, 3.8) is 0 Å². The normalized spacial score (nSPS) is 14.5. The van der Waals surface area contributed by atoms with E-state index in [1.54, 1.807) is 6.08 Å². The summed E-state index contributed by atoms with van der Waals surface area (Å²) in [4.78, 5) is 11.7. The van der Waals surface area contributed by atoms with Crippen LogP contribution < -0.4 is 0 Å². The van der Waals surface area contributed by atoms with E-state index >= 15 is 0 Å². The van der Waals surface area contributed by atoms with Gasteiger partial charge in [0.05, 0.1) is 12.7 Å². The molecule has 5 nitrogen and oxygen atoms in total. The van der Waals surface area contributed by atoms with E-state index < -0.39 is 6.09 Å². The van der Waals surface area contributed by atoms with E-state index in [4.69, 9.17) is 9.63 Å². The molecule has 1 amide bonds. The summed E-state index contributed by atoms with van der Waals surface area (Å²) in [6.07, 6.45) is 3.59. The molecule has 12 heavy (non-hydrogen) atoms. The third kappa shape index (κ3) is 0.952. The van der Waals surface area contributed by atoms with Gasteiger partial charge in [0.25, 0.3) is 0 Å². The van der Waals surface area contributed by atoms with Gasteiger partial charge in [-0.15, -0.1) is 0 Å². The van der Waals surface area contributed by atoms with Gasteiger partial charge in [-0.2, -0.15) is 0 Å². The Morgan fingerprint density at radius 2 is 2.58 bits per heavy atom. The van der Waals surface area contributed by atoms with Crippen LogP contribution in [0.25, 0.3) is 6.08 Å². The minimum absolute atomic E-state index is 0.310. The highest BCUT2D eigenvalue weighted by Gasteiger charge is 2.17. The predicted octanol–water partition coefficient (Wildman–Crippen LogP) is 1.14. The van der Waals surface area contributed by atoms with E-state index in [0.29, 0.717) is 12.3 Å². The lowest BCUT2D eigenvalue weighted by atomic mass is 10.2. The van der Waals surface area contributed by atoms with E-state index in [1.165, 1.54) is 17.3 Å². The molecule has 1 aromatic heterocycles. The lowest BCUT2D eigenvalue weighted by Crippen LogP contribution is -2.24. The Morgan fingerprint density at radius 3 is 3.33 bits per heavy atom.